The molecule has 0 N–H and O–H groups in total. The van der Waals surface area contributed by atoms with Gasteiger partial charge in [0.1, 0.15) is 13.2 Å². The van der Waals surface area contributed by atoms with Gasteiger partial charge in [-0.25, -0.2) is 0 Å². The number of fused-ring (bicyclic) bond motifs is 1. The molecule has 26 heavy (non-hydrogen) atoms. The minimum absolute atomic E-state index is 0.157. The molecule has 1 heterocycles. The van der Waals surface area contributed by atoms with E-state index in [0.717, 1.165) is 5.56 Å². The summed E-state index contributed by atoms with van der Waals surface area (Å²) in [5.74, 6) is -1.27. The molecule has 0 radical (unpaired) electrons. The largest absolute Gasteiger partial charge is 0.486 e. The van der Waals surface area contributed by atoms with Crippen LogP contribution in [0.4, 0.5) is 8.78 Å². The minimum atomic E-state index is -2.48. The topological polar surface area (TPSA) is 38.8 Å². The number of rotatable bonds is 6. The number of para-hydroxylation sites is 1. The molecule has 0 spiro atoms. The molecule has 4 nitrogen and oxygen atoms in total. The predicted octanol–water partition coefficient (Wildman–Crippen LogP) is 4.43. The minimum Gasteiger partial charge on any atom is -0.486 e. The van der Waals surface area contributed by atoms with Crippen molar-refractivity contribution < 1.29 is 23.0 Å². The van der Waals surface area contributed by atoms with Crippen LogP contribution in [0, 0.1) is 0 Å². The molecule has 0 saturated carbocycles. The molecule has 2 aromatic rings. The summed E-state index contributed by atoms with van der Waals surface area (Å²) in [4.78, 5) is 14.9. The molecule has 0 aromatic heterocycles. The maximum absolute atomic E-state index is 12.8. The van der Waals surface area contributed by atoms with Gasteiger partial charge in [0.25, 0.3) is 11.7 Å². The lowest BCUT2D eigenvalue weighted by atomic mass is 10.1. The normalized spacial score (nSPS) is 12.9. The van der Waals surface area contributed by atoms with E-state index >= 15 is 0 Å². The van der Waals surface area contributed by atoms with Crippen LogP contribution in [0.1, 0.15) is 22.8 Å². The first-order valence-corrected chi connectivity index (χ1v) is 9.18. The van der Waals surface area contributed by atoms with Crippen molar-refractivity contribution >= 4 is 17.7 Å². The standard InChI is InChI=1S/C19H19F2NO3S/c1-2-22(12-14-4-3-5-16-17(14)25-11-10-24-16)18(23)13-6-8-15(9-7-13)26-19(20)21/h3-9,19H,2,10-12H2,1H3. The molecular formula is C19H19F2NO3S. The van der Waals surface area contributed by atoms with Crippen LogP contribution in [0.15, 0.2) is 47.4 Å². The number of ether oxygens (including phenoxy) is 2. The third-order valence-electron chi connectivity index (χ3n) is 4.00. The van der Waals surface area contributed by atoms with Crippen molar-refractivity contribution in [2.45, 2.75) is 24.1 Å². The smallest absolute Gasteiger partial charge is 0.288 e. The summed E-state index contributed by atoms with van der Waals surface area (Å²) >= 11 is 0.462. The maximum atomic E-state index is 12.8. The van der Waals surface area contributed by atoms with Gasteiger partial charge in [-0.2, -0.15) is 8.78 Å². The number of alkyl halides is 2. The first kappa shape index (κ1) is 18.5. The zero-order chi connectivity index (χ0) is 18.5. The van der Waals surface area contributed by atoms with Gasteiger partial charge in [-0.3, -0.25) is 4.79 Å². The first-order valence-electron chi connectivity index (χ1n) is 8.30. The van der Waals surface area contributed by atoms with Crippen LogP contribution < -0.4 is 9.47 Å². The number of nitrogens with zero attached hydrogens (tertiary/aromatic N) is 1. The monoisotopic (exact) mass is 379 g/mol. The molecule has 1 amide bonds. The van der Waals surface area contributed by atoms with Crippen LogP contribution in [-0.2, 0) is 6.54 Å². The van der Waals surface area contributed by atoms with Gasteiger partial charge in [0.05, 0.1) is 0 Å². The number of carbonyl (C=O) groups excluding carboxylic acids is 1. The van der Waals surface area contributed by atoms with Crippen LogP contribution in [-0.4, -0.2) is 36.3 Å². The van der Waals surface area contributed by atoms with Crippen molar-refractivity contribution in [1.82, 2.24) is 4.90 Å². The second-order valence-electron chi connectivity index (χ2n) is 5.66. The van der Waals surface area contributed by atoms with Gasteiger partial charge in [0, 0.05) is 29.1 Å². The summed E-state index contributed by atoms with van der Waals surface area (Å²) in [5.41, 5.74) is 1.34. The zero-order valence-electron chi connectivity index (χ0n) is 14.3. The third-order valence-corrected chi connectivity index (χ3v) is 4.73. The first-order chi connectivity index (χ1) is 12.6. The van der Waals surface area contributed by atoms with E-state index in [2.05, 4.69) is 0 Å². The van der Waals surface area contributed by atoms with E-state index in [9.17, 15) is 13.6 Å². The Kier molecular flexibility index (Phi) is 5.98. The Morgan fingerprint density at radius 3 is 2.58 bits per heavy atom. The Hall–Kier alpha value is -2.28. The quantitative estimate of drug-likeness (QED) is 0.696. The second kappa shape index (κ2) is 8.40. The molecule has 138 valence electrons. The molecule has 7 heteroatoms. The van der Waals surface area contributed by atoms with Crippen LogP contribution in [0.2, 0.25) is 0 Å². The van der Waals surface area contributed by atoms with Gasteiger partial charge in [0.15, 0.2) is 11.5 Å². The Labute approximate surface area is 155 Å². The maximum Gasteiger partial charge on any atom is 0.288 e. The molecule has 0 saturated heterocycles. The summed E-state index contributed by atoms with van der Waals surface area (Å²) in [6, 6.07) is 11.9. The average molecular weight is 379 g/mol. The van der Waals surface area contributed by atoms with Gasteiger partial charge >= 0.3 is 0 Å². The van der Waals surface area contributed by atoms with Crippen LogP contribution in [0.3, 0.4) is 0 Å². The highest BCUT2D eigenvalue weighted by Crippen LogP contribution is 2.34. The lowest BCUT2D eigenvalue weighted by molar-refractivity contribution is 0.0749. The number of benzene rings is 2. The highest BCUT2D eigenvalue weighted by atomic mass is 32.2. The highest BCUT2D eigenvalue weighted by molar-refractivity contribution is 7.99. The Bertz CT molecular complexity index is 768. The number of carbonyl (C=O) groups is 1. The molecule has 3 rings (SSSR count). The molecule has 1 aliphatic rings. The number of hydrogen-bond acceptors (Lipinski definition) is 4. The van der Waals surface area contributed by atoms with E-state index in [1.807, 2.05) is 25.1 Å². The van der Waals surface area contributed by atoms with Crippen molar-refractivity contribution in [3.05, 3.63) is 53.6 Å². The van der Waals surface area contributed by atoms with Crippen molar-refractivity contribution in [2.75, 3.05) is 19.8 Å². The van der Waals surface area contributed by atoms with Crippen molar-refractivity contribution in [1.29, 1.82) is 0 Å². The number of hydrogen-bond donors (Lipinski definition) is 0. The Morgan fingerprint density at radius 1 is 1.15 bits per heavy atom. The summed E-state index contributed by atoms with van der Waals surface area (Å²) in [5, 5.41) is 0. The molecular weight excluding hydrogens is 360 g/mol. The summed E-state index contributed by atoms with van der Waals surface area (Å²) in [6.07, 6.45) is 0. The SMILES string of the molecule is CCN(Cc1cccc2c1OCCO2)C(=O)c1ccc(SC(F)F)cc1. The van der Waals surface area contributed by atoms with E-state index in [1.54, 1.807) is 29.2 Å². The van der Waals surface area contributed by atoms with Gasteiger partial charge in [-0.05, 0) is 37.3 Å². The second-order valence-corrected chi connectivity index (χ2v) is 6.73. The van der Waals surface area contributed by atoms with E-state index in [0.29, 0.717) is 60.0 Å². The molecule has 0 unspecified atom stereocenters. The third kappa shape index (κ3) is 4.27. The zero-order valence-corrected chi connectivity index (χ0v) is 15.1. The number of thioether (sulfide) groups is 1. The van der Waals surface area contributed by atoms with Crippen LogP contribution >= 0.6 is 11.8 Å². The summed E-state index contributed by atoms with van der Waals surface area (Å²) in [6.45, 7) is 3.78. The number of amides is 1. The average Bonchev–Trinajstić information content (AvgIpc) is 2.66. The number of halogens is 2. The van der Waals surface area contributed by atoms with Crippen molar-refractivity contribution in [2.24, 2.45) is 0 Å². The Morgan fingerprint density at radius 2 is 1.88 bits per heavy atom. The summed E-state index contributed by atoms with van der Waals surface area (Å²) < 4.78 is 36.1. The van der Waals surface area contributed by atoms with Gasteiger partial charge in [0.2, 0.25) is 0 Å². The Balaban J connectivity index is 1.75. The van der Waals surface area contributed by atoms with E-state index in [4.69, 9.17) is 9.47 Å². The van der Waals surface area contributed by atoms with Gasteiger partial charge in [-0.1, -0.05) is 23.9 Å². The fourth-order valence-electron chi connectivity index (χ4n) is 2.75. The highest BCUT2D eigenvalue weighted by Gasteiger charge is 2.20. The summed E-state index contributed by atoms with van der Waals surface area (Å²) in [7, 11) is 0. The van der Waals surface area contributed by atoms with Gasteiger partial charge in [-0.15, -0.1) is 0 Å². The molecule has 0 fully saturated rings. The molecule has 0 atom stereocenters. The van der Waals surface area contributed by atoms with E-state index < -0.39 is 5.76 Å². The fourth-order valence-corrected chi connectivity index (χ4v) is 3.25. The van der Waals surface area contributed by atoms with Crippen LogP contribution in [0.5, 0.6) is 11.5 Å². The van der Waals surface area contributed by atoms with Crippen molar-refractivity contribution in [3.63, 3.8) is 0 Å². The molecule has 0 bridgehead atoms. The van der Waals surface area contributed by atoms with E-state index in [-0.39, 0.29) is 5.91 Å². The molecule has 2 aromatic carbocycles. The van der Waals surface area contributed by atoms with Crippen LogP contribution in [0.25, 0.3) is 0 Å². The lowest BCUT2D eigenvalue weighted by Gasteiger charge is -2.25. The van der Waals surface area contributed by atoms with Gasteiger partial charge < -0.3 is 14.4 Å². The van der Waals surface area contributed by atoms with E-state index in [1.165, 1.54) is 0 Å². The molecule has 1 aliphatic heterocycles. The lowest BCUT2D eigenvalue weighted by Crippen LogP contribution is -2.30. The molecule has 0 aliphatic carbocycles. The predicted molar refractivity (Wildman–Crippen MR) is 96.1 cm³/mol. The fraction of sp³-hybridized carbons (Fsp3) is 0.316. The van der Waals surface area contributed by atoms with Crippen molar-refractivity contribution in [3.8, 4) is 11.5 Å².